The number of piperazine rings is 1. The van der Waals surface area contributed by atoms with Gasteiger partial charge in [0.15, 0.2) is 0 Å². The van der Waals surface area contributed by atoms with Gasteiger partial charge < -0.3 is 0 Å². The number of aromatic nitrogens is 2. The highest BCUT2D eigenvalue weighted by Crippen LogP contribution is 2.29. The average molecular weight is 312 g/mol. The van der Waals surface area contributed by atoms with E-state index in [2.05, 4.69) is 10.00 Å². The van der Waals surface area contributed by atoms with Crippen LogP contribution >= 0.6 is 0 Å². The summed E-state index contributed by atoms with van der Waals surface area (Å²) in [7, 11) is -3.44. The largest absolute Gasteiger partial charge is 0.297 e. The van der Waals surface area contributed by atoms with E-state index in [0.29, 0.717) is 17.5 Å². The van der Waals surface area contributed by atoms with Crippen molar-refractivity contribution in [3.63, 3.8) is 0 Å². The molecule has 1 aromatic heterocycles. The summed E-state index contributed by atoms with van der Waals surface area (Å²) in [5.74, 6) is 0. The van der Waals surface area contributed by atoms with Gasteiger partial charge in [-0.15, -0.1) is 0 Å². The van der Waals surface area contributed by atoms with E-state index in [1.807, 2.05) is 20.8 Å². The summed E-state index contributed by atoms with van der Waals surface area (Å²) >= 11 is 0. The molecule has 7 heteroatoms. The molecular weight excluding hydrogens is 288 g/mol. The van der Waals surface area contributed by atoms with Crippen LogP contribution in [0.4, 0.5) is 0 Å². The van der Waals surface area contributed by atoms with Crippen molar-refractivity contribution in [1.82, 2.24) is 19.0 Å². The topological polar surface area (TPSA) is 58.4 Å². The standard InChI is InChI=1S/C14H24N4O2S/c1-11(2)17-10-14(7-15-17)21(19,20)18-9-13-5-4-6-16(13)8-12(18)3/h7,10-13H,4-6,8-9H2,1-3H3/t12-,13+/m0/s1. The minimum absolute atomic E-state index is 0.0201. The van der Waals surface area contributed by atoms with Gasteiger partial charge in [-0.3, -0.25) is 9.58 Å². The highest BCUT2D eigenvalue weighted by atomic mass is 32.2. The fourth-order valence-electron chi connectivity index (χ4n) is 3.37. The minimum Gasteiger partial charge on any atom is -0.297 e. The summed E-state index contributed by atoms with van der Waals surface area (Å²) in [5, 5.41) is 4.17. The van der Waals surface area contributed by atoms with Gasteiger partial charge in [0.1, 0.15) is 4.90 Å². The van der Waals surface area contributed by atoms with Gasteiger partial charge >= 0.3 is 0 Å². The monoisotopic (exact) mass is 312 g/mol. The molecular formula is C14H24N4O2S. The Labute approximate surface area is 126 Å². The Hall–Kier alpha value is -0.920. The summed E-state index contributed by atoms with van der Waals surface area (Å²) in [6.07, 6.45) is 5.40. The summed E-state index contributed by atoms with van der Waals surface area (Å²) in [6.45, 7) is 8.53. The highest BCUT2D eigenvalue weighted by Gasteiger charge is 2.40. The third-order valence-corrected chi connectivity index (χ3v) is 6.53. The Morgan fingerprint density at radius 2 is 2.10 bits per heavy atom. The molecule has 1 aromatic rings. The Morgan fingerprint density at radius 3 is 2.76 bits per heavy atom. The molecule has 0 unspecified atom stereocenters. The van der Waals surface area contributed by atoms with Crippen molar-refractivity contribution < 1.29 is 8.42 Å². The quantitative estimate of drug-likeness (QED) is 0.845. The van der Waals surface area contributed by atoms with Gasteiger partial charge in [-0.1, -0.05) is 0 Å². The Balaban J connectivity index is 1.86. The van der Waals surface area contributed by atoms with Gasteiger partial charge in [0.25, 0.3) is 0 Å². The van der Waals surface area contributed by atoms with E-state index < -0.39 is 10.0 Å². The van der Waals surface area contributed by atoms with Gasteiger partial charge in [0, 0.05) is 37.4 Å². The van der Waals surface area contributed by atoms with Crippen LogP contribution in [0.2, 0.25) is 0 Å². The summed E-state index contributed by atoms with van der Waals surface area (Å²) in [5.41, 5.74) is 0. The maximum absolute atomic E-state index is 12.9. The van der Waals surface area contributed by atoms with Crippen molar-refractivity contribution in [1.29, 1.82) is 0 Å². The normalized spacial score (nSPS) is 28.2. The average Bonchev–Trinajstić information content (AvgIpc) is 3.06. The number of sulfonamides is 1. The third kappa shape index (κ3) is 2.62. The molecule has 0 bridgehead atoms. The highest BCUT2D eigenvalue weighted by molar-refractivity contribution is 7.89. The van der Waals surface area contributed by atoms with Crippen molar-refractivity contribution in [2.75, 3.05) is 19.6 Å². The first-order valence-electron chi connectivity index (χ1n) is 7.69. The lowest BCUT2D eigenvalue weighted by Gasteiger charge is -2.41. The second-order valence-corrected chi connectivity index (χ2v) is 8.36. The van der Waals surface area contributed by atoms with Gasteiger partial charge in [0.2, 0.25) is 10.0 Å². The zero-order valence-corrected chi connectivity index (χ0v) is 13.8. The molecule has 2 atom stereocenters. The Bertz CT molecular complexity index is 610. The molecule has 0 spiro atoms. The third-order valence-electron chi connectivity index (χ3n) is 4.59. The Morgan fingerprint density at radius 1 is 1.33 bits per heavy atom. The van der Waals surface area contributed by atoms with Crippen LogP contribution < -0.4 is 0 Å². The summed E-state index contributed by atoms with van der Waals surface area (Å²) in [6, 6.07) is 0.570. The molecule has 118 valence electrons. The fourth-order valence-corrected chi connectivity index (χ4v) is 4.97. The predicted octanol–water partition coefficient (Wildman–Crippen LogP) is 1.32. The maximum Gasteiger partial charge on any atom is 0.246 e. The van der Waals surface area contributed by atoms with Crippen LogP contribution in [0.25, 0.3) is 0 Å². The molecule has 2 aliphatic heterocycles. The second-order valence-electron chi connectivity index (χ2n) is 6.46. The molecule has 2 saturated heterocycles. The molecule has 0 N–H and O–H groups in total. The smallest absolute Gasteiger partial charge is 0.246 e. The zero-order valence-electron chi connectivity index (χ0n) is 12.9. The molecule has 0 aromatic carbocycles. The van der Waals surface area contributed by atoms with E-state index in [0.717, 1.165) is 19.5 Å². The number of nitrogens with zero attached hydrogens (tertiary/aromatic N) is 4. The van der Waals surface area contributed by atoms with Crippen LogP contribution in [0, 0.1) is 0 Å². The molecule has 2 fully saturated rings. The lowest BCUT2D eigenvalue weighted by Crippen LogP contribution is -2.56. The van der Waals surface area contributed by atoms with E-state index in [-0.39, 0.29) is 12.1 Å². The lowest BCUT2D eigenvalue weighted by atomic mass is 10.1. The lowest BCUT2D eigenvalue weighted by molar-refractivity contribution is 0.117. The van der Waals surface area contributed by atoms with Crippen LogP contribution in [0.5, 0.6) is 0 Å². The Kier molecular flexibility index (Phi) is 3.83. The van der Waals surface area contributed by atoms with Crippen molar-refractivity contribution in [2.45, 2.75) is 56.6 Å². The zero-order chi connectivity index (χ0) is 15.2. The van der Waals surface area contributed by atoms with Crippen LogP contribution in [0.1, 0.15) is 39.7 Å². The molecule has 0 amide bonds. The molecule has 3 rings (SSSR count). The number of rotatable bonds is 3. The van der Waals surface area contributed by atoms with Crippen molar-refractivity contribution in [3.8, 4) is 0 Å². The number of fused-ring (bicyclic) bond motifs is 1. The van der Waals surface area contributed by atoms with E-state index in [9.17, 15) is 8.42 Å². The number of hydrogen-bond acceptors (Lipinski definition) is 4. The summed E-state index contributed by atoms with van der Waals surface area (Å²) in [4.78, 5) is 2.74. The maximum atomic E-state index is 12.9. The molecule has 21 heavy (non-hydrogen) atoms. The molecule has 0 saturated carbocycles. The van der Waals surface area contributed by atoms with Gasteiger partial charge in [0.05, 0.1) is 6.20 Å². The first-order chi connectivity index (χ1) is 9.89. The first kappa shape index (κ1) is 15.0. The van der Waals surface area contributed by atoms with E-state index in [4.69, 9.17) is 0 Å². The molecule has 2 aliphatic rings. The van der Waals surface area contributed by atoms with Crippen LogP contribution in [0.3, 0.4) is 0 Å². The van der Waals surface area contributed by atoms with Crippen LogP contribution in [-0.4, -0.2) is 59.1 Å². The van der Waals surface area contributed by atoms with Gasteiger partial charge in [-0.05, 0) is 40.2 Å². The van der Waals surface area contributed by atoms with Crippen LogP contribution in [-0.2, 0) is 10.0 Å². The summed E-state index contributed by atoms with van der Waals surface area (Å²) < 4.78 is 29.1. The van der Waals surface area contributed by atoms with Crippen molar-refractivity contribution >= 4 is 10.0 Å². The number of hydrogen-bond donors (Lipinski definition) is 0. The van der Waals surface area contributed by atoms with E-state index in [1.165, 1.54) is 12.6 Å². The van der Waals surface area contributed by atoms with Gasteiger partial charge in [-0.25, -0.2) is 8.42 Å². The van der Waals surface area contributed by atoms with Crippen LogP contribution in [0.15, 0.2) is 17.3 Å². The SMILES string of the molecule is CC(C)n1cc(S(=O)(=O)N2C[C@H]3CCCN3C[C@@H]2C)cn1. The molecule has 3 heterocycles. The van der Waals surface area contributed by atoms with E-state index in [1.54, 1.807) is 15.2 Å². The fraction of sp³-hybridized carbons (Fsp3) is 0.786. The van der Waals surface area contributed by atoms with Gasteiger partial charge in [-0.2, -0.15) is 9.40 Å². The van der Waals surface area contributed by atoms with Crippen molar-refractivity contribution in [2.24, 2.45) is 0 Å². The predicted molar refractivity (Wildman–Crippen MR) is 80.6 cm³/mol. The minimum atomic E-state index is -3.44. The van der Waals surface area contributed by atoms with E-state index >= 15 is 0 Å². The molecule has 0 radical (unpaired) electrons. The van der Waals surface area contributed by atoms with Crippen molar-refractivity contribution in [3.05, 3.63) is 12.4 Å². The molecule has 6 nitrogen and oxygen atoms in total. The second kappa shape index (κ2) is 5.37. The molecule has 0 aliphatic carbocycles. The first-order valence-corrected chi connectivity index (χ1v) is 9.13.